The van der Waals surface area contributed by atoms with Gasteiger partial charge in [-0.15, -0.1) is 0 Å². The predicted octanol–water partition coefficient (Wildman–Crippen LogP) is 2.73. The van der Waals surface area contributed by atoms with Crippen LogP contribution in [0.25, 0.3) is 0 Å². The highest BCUT2D eigenvalue weighted by atomic mass is 32.2. The van der Waals surface area contributed by atoms with E-state index in [0.717, 1.165) is 18.4 Å². The monoisotopic (exact) mass is 324 g/mol. The topological polar surface area (TPSA) is 59.5 Å². The predicted molar refractivity (Wildman–Crippen MR) is 86.9 cm³/mol. The molecule has 0 bridgehead atoms. The van der Waals surface area contributed by atoms with Gasteiger partial charge in [0.2, 0.25) is 0 Å². The van der Waals surface area contributed by atoms with Crippen LogP contribution in [0.5, 0.6) is 0 Å². The second-order valence-electron chi connectivity index (χ2n) is 6.58. The van der Waals surface area contributed by atoms with Gasteiger partial charge in [0, 0.05) is 47.3 Å². The average Bonchev–Trinajstić information content (AvgIpc) is 2.86. The number of ether oxygens (including phenoxy) is 1. The van der Waals surface area contributed by atoms with Gasteiger partial charge < -0.3 is 9.64 Å². The molecular weight excluding hydrogens is 300 g/mol. The second kappa shape index (κ2) is 7.22. The Morgan fingerprint density at radius 3 is 2.73 bits per heavy atom. The van der Waals surface area contributed by atoms with Gasteiger partial charge >= 0.3 is 6.09 Å². The third-order valence-corrected chi connectivity index (χ3v) is 4.87. The highest BCUT2D eigenvalue weighted by Crippen LogP contribution is 2.22. The minimum absolute atomic E-state index is 0.0116. The zero-order valence-corrected chi connectivity index (χ0v) is 14.3. The number of rotatable bonds is 4. The molecule has 2 heterocycles. The van der Waals surface area contributed by atoms with E-state index in [1.807, 2.05) is 32.9 Å². The summed E-state index contributed by atoms with van der Waals surface area (Å²) in [6.45, 7) is 6.26. The maximum Gasteiger partial charge on any atom is 0.410 e. The highest BCUT2D eigenvalue weighted by molar-refractivity contribution is 7.84. The van der Waals surface area contributed by atoms with Gasteiger partial charge in [-0.2, -0.15) is 0 Å². The van der Waals surface area contributed by atoms with Crippen molar-refractivity contribution in [3.8, 4) is 0 Å². The Morgan fingerprint density at radius 2 is 2.09 bits per heavy atom. The molecule has 22 heavy (non-hydrogen) atoms. The Labute approximate surface area is 134 Å². The number of hydrogen-bond donors (Lipinski definition) is 0. The lowest BCUT2D eigenvalue weighted by atomic mass is 10.2. The van der Waals surface area contributed by atoms with Crippen LogP contribution in [0, 0.1) is 0 Å². The van der Waals surface area contributed by atoms with Crippen LogP contribution >= 0.6 is 0 Å². The Hall–Kier alpha value is -1.43. The first-order chi connectivity index (χ1) is 10.3. The molecule has 0 aliphatic carbocycles. The van der Waals surface area contributed by atoms with Crippen molar-refractivity contribution in [2.24, 2.45) is 0 Å². The Balaban J connectivity index is 1.91. The smallest absolute Gasteiger partial charge is 0.410 e. The molecule has 122 valence electrons. The largest absolute Gasteiger partial charge is 0.444 e. The number of nitrogens with zero attached hydrogens (tertiary/aromatic N) is 2. The van der Waals surface area contributed by atoms with E-state index in [1.54, 1.807) is 17.3 Å². The fourth-order valence-corrected chi connectivity index (χ4v) is 3.97. The minimum atomic E-state index is -0.998. The van der Waals surface area contributed by atoms with Crippen molar-refractivity contribution < 1.29 is 13.7 Å². The van der Waals surface area contributed by atoms with Crippen molar-refractivity contribution in [1.29, 1.82) is 0 Å². The van der Waals surface area contributed by atoms with E-state index in [9.17, 15) is 9.00 Å². The van der Waals surface area contributed by atoms with E-state index in [0.29, 0.717) is 18.1 Å². The summed E-state index contributed by atoms with van der Waals surface area (Å²) in [6, 6.07) is 3.76. The molecule has 0 saturated carbocycles. The molecule has 1 saturated heterocycles. The molecule has 1 aromatic rings. The minimum Gasteiger partial charge on any atom is -0.444 e. The van der Waals surface area contributed by atoms with Crippen LogP contribution in [0.2, 0.25) is 0 Å². The number of aromatic nitrogens is 1. The normalized spacial score (nSPS) is 20.0. The van der Waals surface area contributed by atoms with Crippen LogP contribution in [-0.4, -0.2) is 44.1 Å². The lowest BCUT2D eigenvalue weighted by Crippen LogP contribution is -2.42. The molecule has 0 aromatic carbocycles. The number of carbonyl (C=O) groups excluding carboxylic acids is 1. The summed E-state index contributed by atoms with van der Waals surface area (Å²) < 4.78 is 17.8. The summed E-state index contributed by atoms with van der Waals surface area (Å²) in [5.41, 5.74) is 0.510. The average molecular weight is 324 g/mol. The molecule has 2 rings (SSSR count). The van der Waals surface area contributed by atoms with Crippen molar-refractivity contribution >= 4 is 16.9 Å². The SMILES string of the molecule is CC(C)(C)OC(=O)N1CCCC1CS(=O)Cc1ccncc1. The molecule has 2 atom stereocenters. The van der Waals surface area contributed by atoms with Gasteiger partial charge in [-0.05, 0) is 51.3 Å². The quantitative estimate of drug-likeness (QED) is 0.854. The van der Waals surface area contributed by atoms with Crippen molar-refractivity contribution in [2.75, 3.05) is 12.3 Å². The Morgan fingerprint density at radius 1 is 1.41 bits per heavy atom. The summed E-state index contributed by atoms with van der Waals surface area (Å²) in [7, 11) is -0.998. The molecule has 0 radical (unpaired) electrons. The fraction of sp³-hybridized carbons (Fsp3) is 0.625. The number of pyridine rings is 1. The van der Waals surface area contributed by atoms with Gasteiger partial charge in [0.1, 0.15) is 5.60 Å². The van der Waals surface area contributed by atoms with Gasteiger partial charge in [0.15, 0.2) is 0 Å². The summed E-state index contributed by atoms with van der Waals surface area (Å²) >= 11 is 0. The number of carbonyl (C=O) groups is 1. The third kappa shape index (κ3) is 5.09. The van der Waals surface area contributed by atoms with E-state index < -0.39 is 16.4 Å². The molecule has 1 aliphatic rings. The van der Waals surface area contributed by atoms with E-state index in [-0.39, 0.29) is 12.1 Å². The van der Waals surface area contributed by atoms with Gasteiger partial charge in [-0.3, -0.25) is 9.19 Å². The molecule has 1 amide bonds. The molecule has 1 aromatic heterocycles. The maximum atomic E-state index is 12.3. The summed E-state index contributed by atoms with van der Waals surface area (Å²) in [5.74, 6) is 1.00. The molecule has 5 nitrogen and oxygen atoms in total. The van der Waals surface area contributed by atoms with Crippen molar-refractivity contribution in [1.82, 2.24) is 9.88 Å². The van der Waals surface area contributed by atoms with Gasteiger partial charge in [0.05, 0.1) is 0 Å². The van der Waals surface area contributed by atoms with Crippen LogP contribution in [0.4, 0.5) is 4.79 Å². The molecule has 0 N–H and O–H groups in total. The van der Waals surface area contributed by atoms with Crippen LogP contribution < -0.4 is 0 Å². The van der Waals surface area contributed by atoms with E-state index in [4.69, 9.17) is 4.74 Å². The van der Waals surface area contributed by atoms with E-state index in [2.05, 4.69) is 4.98 Å². The first-order valence-electron chi connectivity index (χ1n) is 7.58. The van der Waals surface area contributed by atoms with Crippen molar-refractivity contribution in [3.63, 3.8) is 0 Å². The highest BCUT2D eigenvalue weighted by Gasteiger charge is 2.33. The zero-order valence-electron chi connectivity index (χ0n) is 13.4. The standard InChI is InChI=1S/C16H24N2O3S/c1-16(2,3)21-15(19)18-10-4-5-14(18)12-22(20)11-13-6-8-17-9-7-13/h6-9,14H,4-5,10-12H2,1-3H3. The molecule has 0 spiro atoms. The summed E-state index contributed by atoms with van der Waals surface area (Å²) in [5, 5.41) is 0. The van der Waals surface area contributed by atoms with Crippen molar-refractivity contribution in [3.05, 3.63) is 30.1 Å². The fourth-order valence-electron chi connectivity index (χ4n) is 2.51. The van der Waals surface area contributed by atoms with Gasteiger partial charge in [-0.25, -0.2) is 4.79 Å². The third-order valence-electron chi connectivity index (χ3n) is 3.46. The van der Waals surface area contributed by atoms with E-state index in [1.165, 1.54) is 0 Å². The van der Waals surface area contributed by atoms with Crippen molar-refractivity contribution in [2.45, 2.75) is 51.0 Å². The van der Waals surface area contributed by atoms with Crippen LogP contribution in [-0.2, 0) is 21.3 Å². The molecule has 1 aliphatic heterocycles. The molecular formula is C16H24N2O3S. The second-order valence-corrected chi connectivity index (χ2v) is 8.08. The first-order valence-corrected chi connectivity index (χ1v) is 9.07. The first kappa shape index (κ1) is 16.9. The number of hydrogen-bond acceptors (Lipinski definition) is 4. The lowest BCUT2D eigenvalue weighted by Gasteiger charge is -2.28. The Kier molecular flexibility index (Phi) is 5.56. The number of likely N-dealkylation sites (tertiary alicyclic amines) is 1. The van der Waals surface area contributed by atoms with Crippen LogP contribution in [0.1, 0.15) is 39.2 Å². The molecule has 2 unspecified atom stereocenters. The van der Waals surface area contributed by atoms with Gasteiger partial charge in [0.25, 0.3) is 0 Å². The zero-order chi connectivity index (χ0) is 16.2. The molecule has 1 fully saturated rings. The maximum absolute atomic E-state index is 12.3. The molecule has 6 heteroatoms. The summed E-state index contributed by atoms with van der Waals surface area (Å²) in [4.78, 5) is 17.9. The van der Waals surface area contributed by atoms with Gasteiger partial charge in [-0.1, -0.05) is 0 Å². The van der Waals surface area contributed by atoms with Crippen LogP contribution in [0.15, 0.2) is 24.5 Å². The lowest BCUT2D eigenvalue weighted by molar-refractivity contribution is 0.0241. The van der Waals surface area contributed by atoms with E-state index >= 15 is 0 Å². The number of amides is 1. The summed E-state index contributed by atoms with van der Waals surface area (Å²) in [6.07, 6.45) is 4.94. The Bertz CT molecular complexity index is 528. The van der Waals surface area contributed by atoms with Crippen LogP contribution in [0.3, 0.4) is 0 Å².